The molecule has 100 valence electrons. The second kappa shape index (κ2) is 4.97. The molecule has 2 nitrogen and oxygen atoms in total. The van der Waals surface area contributed by atoms with Gasteiger partial charge in [0, 0.05) is 5.56 Å². The Morgan fingerprint density at radius 1 is 0.700 bits per heavy atom. The van der Waals surface area contributed by atoms with E-state index in [1.165, 1.54) is 11.1 Å². The number of hydrogen-bond donors (Lipinski definition) is 0. The summed E-state index contributed by atoms with van der Waals surface area (Å²) in [6.45, 7) is 6.13. The molecule has 0 spiro atoms. The molecule has 0 amide bonds. The minimum atomic E-state index is 0.851. The third kappa shape index (κ3) is 2.25. The fourth-order valence-electron chi connectivity index (χ4n) is 2.34. The Bertz CT molecular complexity index is 721. The van der Waals surface area contributed by atoms with Gasteiger partial charge < -0.3 is 4.52 Å². The maximum atomic E-state index is 5.41. The van der Waals surface area contributed by atoms with Gasteiger partial charge in [-0.15, -0.1) is 0 Å². The van der Waals surface area contributed by atoms with Crippen LogP contribution in [0, 0.1) is 20.8 Å². The fourth-order valence-corrected chi connectivity index (χ4v) is 2.34. The minimum absolute atomic E-state index is 0.851. The summed E-state index contributed by atoms with van der Waals surface area (Å²) in [5.74, 6) is 0.851. The molecule has 2 aromatic carbocycles. The molecule has 3 rings (SSSR count). The van der Waals surface area contributed by atoms with E-state index in [0.717, 1.165) is 28.1 Å². The molecular weight excluding hydrogens is 246 g/mol. The Morgan fingerprint density at radius 3 is 1.75 bits per heavy atom. The van der Waals surface area contributed by atoms with Gasteiger partial charge in [-0.25, -0.2) is 0 Å². The molecule has 20 heavy (non-hydrogen) atoms. The SMILES string of the molecule is Cc1ccc(-c2noc(C)c2-c2ccc(C)cc2)cc1. The van der Waals surface area contributed by atoms with Gasteiger partial charge in [0.05, 0.1) is 5.56 Å². The molecule has 0 atom stereocenters. The average Bonchev–Trinajstić information content (AvgIpc) is 2.83. The topological polar surface area (TPSA) is 26.0 Å². The summed E-state index contributed by atoms with van der Waals surface area (Å²) < 4.78 is 5.41. The maximum absolute atomic E-state index is 5.41. The lowest BCUT2D eigenvalue weighted by atomic mass is 9.98. The van der Waals surface area contributed by atoms with Crippen molar-refractivity contribution in [2.75, 3.05) is 0 Å². The van der Waals surface area contributed by atoms with Gasteiger partial charge in [-0.1, -0.05) is 64.8 Å². The van der Waals surface area contributed by atoms with Crippen molar-refractivity contribution in [1.82, 2.24) is 5.16 Å². The molecule has 1 heterocycles. The van der Waals surface area contributed by atoms with Crippen LogP contribution in [0.15, 0.2) is 53.1 Å². The highest BCUT2D eigenvalue weighted by molar-refractivity contribution is 5.81. The van der Waals surface area contributed by atoms with Crippen LogP contribution in [-0.4, -0.2) is 5.16 Å². The predicted molar refractivity (Wildman–Crippen MR) is 81.6 cm³/mol. The molecule has 0 unspecified atom stereocenters. The Morgan fingerprint density at radius 2 is 1.20 bits per heavy atom. The molecule has 0 aliphatic carbocycles. The standard InChI is InChI=1S/C18H17NO/c1-12-4-8-15(9-5-12)17-14(3)20-19-18(17)16-10-6-13(2)7-11-16/h4-11H,1-3H3. The molecule has 0 aliphatic heterocycles. The van der Waals surface area contributed by atoms with Gasteiger partial charge in [-0.2, -0.15) is 0 Å². The van der Waals surface area contributed by atoms with Gasteiger partial charge in [-0.05, 0) is 26.3 Å². The number of hydrogen-bond acceptors (Lipinski definition) is 2. The van der Waals surface area contributed by atoms with Crippen molar-refractivity contribution in [1.29, 1.82) is 0 Å². The van der Waals surface area contributed by atoms with E-state index >= 15 is 0 Å². The van der Waals surface area contributed by atoms with Crippen LogP contribution in [0.3, 0.4) is 0 Å². The van der Waals surface area contributed by atoms with Crippen LogP contribution < -0.4 is 0 Å². The Kier molecular flexibility index (Phi) is 3.15. The molecule has 0 saturated heterocycles. The van der Waals surface area contributed by atoms with E-state index in [0.29, 0.717) is 0 Å². The average molecular weight is 263 g/mol. The fraction of sp³-hybridized carbons (Fsp3) is 0.167. The lowest BCUT2D eigenvalue weighted by Crippen LogP contribution is -1.85. The van der Waals surface area contributed by atoms with Crippen molar-refractivity contribution in [3.8, 4) is 22.4 Å². The van der Waals surface area contributed by atoms with Gasteiger partial charge in [-0.3, -0.25) is 0 Å². The third-order valence-electron chi connectivity index (χ3n) is 3.53. The van der Waals surface area contributed by atoms with Crippen LogP contribution in [0.1, 0.15) is 16.9 Å². The molecule has 0 fully saturated rings. The molecule has 0 saturated carbocycles. The van der Waals surface area contributed by atoms with Crippen LogP contribution in [-0.2, 0) is 0 Å². The van der Waals surface area contributed by atoms with E-state index in [2.05, 4.69) is 67.5 Å². The van der Waals surface area contributed by atoms with Crippen LogP contribution in [0.25, 0.3) is 22.4 Å². The second-order valence-corrected chi connectivity index (χ2v) is 5.19. The zero-order chi connectivity index (χ0) is 14.1. The number of rotatable bonds is 2. The predicted octanol–water partition coefficient (Wildman–Crippen LogP) is 4.93. The molecule has 0 radical (unpaired) electrons. The lowest BCUT2D eigenvalue weighted by molar-refractivity contribution is 0.400. The Labute approximate surface area is 119 Å². The van der Waals surface area contributed by atoms with Gasteiger partial charge in [0.15, 0.2) is 0 Å². The molecule has 0 N–H and O–H groups in total. The summed E-state index contributed by atoms with van der Waals surface area (Å²) >= 11 is 0. The Balaban J connectivity index is 2.14. The summed E-state index contributed by atoms with van der Waals surface area (Å²) in [6, 6.07) is 16.8. The lowest BCUT2D eigenvalue weighted by Gasteiger charge is -2.04. The van der Waals surface area contributed by atoms with E-state index < -0.39 is 0 Å². The van der Waals surface area contributed by atoms with Crippen LogP contribution in [0.2, 0.25) is 0 Å². The largest absolute Gasteiger partial charge is 0.360 e. The molecule has 2 heteroatoms. The summed E-state index contributed by atoms with van der Waals surface area (Å²) in [6.07, 6.45) is 0. The van der Waals surface area contributed by atoms with E-state index in [-0.39, 0.29) is 0 Å². The van der Waals surface area contributed by atoms with Crippen molar-refractivity contribution in [2.45, 2.75) is 20.8 Å². The molecule has 1 aromatic heterocycles. The highest BCUT2D eigenvalue weighted by Gasteiger charge is 2.16. The zero-order valence-corrected chi connectivity index (χ0v) is 12.0. The number of nitrogens with zero attached hydrogens (tertiary/aromatic N) is 1. The van der Waals surface area contributed by atoms with E-state index in [4.69, 9.17) is 4.52 Å². The van der Waals surface area contributed by atoms with Crippen molar-refractivity contribution in [2.24, 2.45) is 0 Å². The summed E-state index contributed by atoms with van der Waals surface area (Å²) in [5.41, 5.74) is 6.71. The first-order valence-electron chi connectivity index (χ1n) is 6.75. The molecule has 0 aliphatic rings. The minimum Gasteiger partial charge on any atom is -0.360 e. The first kappa shape index (κ1) is 12.7. The van der Waals surface area contributed by atoms with Gasteiger partial charge in [0.1, 0.15) is 11.5 Å². The van der Waals surface area contributed by atoms with E-state index in [1.54, 1.807) is 0 Å². The van der Waals surface area contributed by atoms with E-state index in [9.17, 15) is 0 Å². The third-order valence-corrected chi connectivity index (χ3v) is 3.53. The number of aromatic nitrogens is 1. The molecule has 0 bridgehead atoms. The summed E-state index contributed by atoms with van der Waals surface area (Å²) in [7, 11) is 0. The quantitative estimate of drug-likeness (QED) is 0.655. The van der Waals surface area contributed by atoms with E-state index in [1.807, 2.05) is 6.92 Å². The summed E-state index contributed by atoms with van der Waals surface area (Å²) in [4.78, 5) is 0. The van der Waals surface area contributed by atoms with Crippen LogP contribution in [0.5, 0.6) is 0 Å². The Hall–Kier alpha value is -2.35. The van der Waals surface area contributed by atoms with Crippen molar-refractivity contribution < 1.29 is 4.52 Å². The van der Waals surface area contributed by atoms with Crippen molar-refractivity contribution >= 4 is 0 Å². The zero-order valence-electron chi connectivity index (χ0n) is 12.0. The van der Waals surface area contributed by atoms with Gasteiger partial charge in [0.25, 0.3) is 0 Å². The number of benzene rings is 2. The smallest absolute Gasteiger partial charge is 0.142 e. The van der Waals surface area contributed by atoms with Gasteiger partial charge in [0.2, 0.25) is 0 Å². The monoisotopic (exact) mass is 263 g/mol. The second-order valence-electron chi connectivity index (χ2n) is 5.19. The molecule has 3 aromatic rings. The highest BCUT2D eigenvalue weighted by atomic mass is 16.5. The van der Waals surface area contributed by atoms with Crippen LogP contribution in [0.4, 0.5) is 0 Å². The van der Waals surface area contributed by atoms with Crippen molar-refractivity contribution in [3.63, 3.8) is 0 Å². The van der Waals surface area contributed by atoms with Crippen molar-refractivity contribution in [3.05, 3.63) is 65.4 Å². The highest BCUT2D eigenvalue weighted by Crippen LogP contribution is 2.34. The first-order valence-corrected chi connectivity index (χ1v) is 6.75. The number of aryl methyl sites for hydroxylation is 3. The first-order chi connectivity index (χ1) is 9.65. The molecular formula is C18H17NO. The maximum Gasteiger partial charge on any atom is 0.142 e. The summed E-state index contributed by atoms with van der Waals surface area (Å²) in [5, 5.41) is 4.24. The normalized spacial score (nSPS) is 10.8. The van der Waals surface area contributed by atoms with Crippen LogP contribution >= 0.6 is 0 Å². The van der Waals surface area contributed by atoms with Gasteiger partial charge >= 0.3 is 0 Å².